The van der Waals surface area contributed by atoms with Crippen molar-refractivity contribution in [2.24, 2.45) is 0 Å². The molecule has 0 saturated carbocycles. The smallest absolute Gasteiger partial charge is 0.335 e. The lowest BCUT2D eigenvalue weighted by Crippen LogP contribution is -2.05. The minimum absolute atomic E-state index is 0.230. The fraction of sp³-hybridized carbons (Fsp3) is 0.0500. The van der Waals surface area contributed by atoms with E-state index in [0.717, 1.165) is 6.08 Å². The molecule has 3 aromatic rings. The van der Waals surface area contributed by atoms with Gasteiger partial charge in [-0.25, -0.2) is 4.79 Å². The van der Waals surface area contributed by atoms with E-state index in [4.69, 9.17) is 13.9 Å². The van der Waals surface area contributed by atoms with E-state index in [2.05, 4.69) is 6.58 Å². The highest BCUT2D eigenvalue weighted by molar-refractivity contribution is 5.85. The van der Waals surface area contributed by atoms with Gasteiger partial charge in [-0.05, 0) is 42.5 Å². The lowest BCUT2D eigenvalue weighted by Gasteiger charge is -2.06. The van der Waals surface area contributed by atoms with E-state index in [1.165, 1.54) is 25.1 Å². The first-order valence-electron chi connectivity index (χ1n) is 7.67. The third-order valence-electron chi connectivity index (χ3n) is 3.48. The number of benzene rings is 2. The minimum Gasteiger partial charge on any atom is -0.456 e. The van der Waals surface area contributed by atoms with Crippen LogP contribution in [0.1, 0.15) is 6.92 Å². The van der Waals surface area contributed by atoms with Gasteiger partial charge in [-0.1, -0.05) is 6.58 Å². The second-order valence-corrected chi connectivity index (χ2v) is 5.38. The molecule has 0 amide bonds. The maximum absolute atomic E-state index is 12.4. The summed E-state index contributed by atoms with van der Waals surface area (Å²) >= 11 is 0. The molecule has 26 heavy (non-hydrogen) atoms. The molecule has 0 aliphatic heterocycles. The van der Waals surface area contributed by atoms with Crippen LogP contribution in [-0.2, 0) is 9.59 Å². The third-order valence-corrected chi connectivity index (χ3v) is 3.48. The number of hydrogen-bond acceptors (Lipinski definition) is 6. The van der Waals surface area contributed by atoms with Crippen molar-refractivity contribution in [1.29, 1.82) is 0 Å². The molecule has 0 spiro atoms. The van der Waals surface area contributed by atoms with Crippen molar-refractivity contribution in [2.75, 3.05) is 0 Å². The summed E-state index contributed by atoms with van der Waals surface area (Å²) in [6.45, 7) is 4.64. The van der Waals surface area contributed by atoms with Crippen molar-refractivity contribution in [2.45, 2.75) is 6.92 Å². The Balaban J connectivity index is 1.97. The third kappa shape index (κ3) is 3.70. The Labute approximate surface area is 148 Å². The van der Waals surface area contributed by atoms with Crippen molar-refractivity contribution in [3.05, 3.63) is 71.4 Å². The van der Waals surface area contributed by atoms with Gasteiger partial charge < -0.3 is 13.9 Å². The van der Waals surface area contributed by atoms with E-state index in [1.807, 2.05) is 0 Å². The van der Waals surface area contributed by atoms with Crippen molar-refractivity contribution in [3.8, 4) is 22.8 Å². The summed E-state index contributed by atoms with van der Waals surface area (Å²) in [6, 6.07) is 12.5. The molecule has 0 bridgehead atoms. The Kier molecular flexibility index (Phi) is 4.66. The van der Waals surface area contributed by atoms with Gasteiger partial charge in [-0.2, -0.15) is 0 Å². The van der Waals surface area contributed by atoms with Crippen LogP contribution < -0.4 is 14.9 Å². The quantitative estimate of drug-likeness (QED) is 0.407. The Hall–Kier alpha value is -3.67. The van der Waals surface area contributed by atoms with Gasteiger partial charge in [-0.3, -0.25) is 9.59 Å². The van der Waals surface area contributed by atoms with Crippen LogP contribution >= 0.6 is 0 Å². The number of esters is 2. The van der Waals surface area contributed by atoms with Crippen LogP contribution in [0.2, 0.25) is 0 Å². The highest BCUT2D eigenvalue weighted by Crippen LogP contribution is 2.26. The molecule has 0 N–H and O–H groups in total. The first-order chi connectivity index (χ1) is 12.5. The van der Waals surface area contributed by atoms with E-state index < -0.39 is 11.9 Å². The van der Waals surface area contributed by atoms with Crippen LogP contribution in [-0.4, -0.2) is 11.9 Å². The van der Waals surface area contributed by atoms with Crippen LogP contribution in [0.3, 0.4) is 0 Å². The highest BCUT2D eigenvalue weighted by atomic mass is 16.5. The van der Waals surface area contributed by atoms with Gasteiger partial charge in [0.05, 0.1) is 5.39 Å². The minimum atomic E-state index is -0.613. The number of hydrogen-bond donors (Lipinski definition) is 0. The number of carbonyl (C=O) groups is 2. The summed E-state index contributed by atoms with van der Waals surface area (Å²) in [5.41, 5.74) is 0.735. The Morgan fingerprint density at radius 3 is 2.35 bits per heavy atom. The van der Waals surface area contributed by atoms with Gasteiger partial charge in [0.2, 0.25) is 0 Å². The standard InChI is InChI=1S/C20H14O6/c1-3-20(23)25-15-8-9-18-16(10-15)17(22)11-19(26-18)13-4-6-14(7-5-13)24-12(2)21/h3-11H,1H2,2H3. The zero-order valence-electron chi connectivity index (χ0n) is 13.9. The van der Waals surface area contributed by atoms with Crippen LogP contribution in [0, 0.1) is 0 Å². The number of ether oxygens (including phenoxy) is 2. The summed E-state index contributed by atoms with van der Waals surface area (Å²) in [5, 5.41) is 0.291. The lowest BCUT2D eigenvalue weighted by molar-refractivity contribution is -0.132. The molecule has 6 heteroatoms. The van der Waals surface area contributed by atoms with E-state index in [9.17, 15) is 14.4 Å². The van der Waals surface area contributed by atoms with Gasteiger partial charge in [0.1, 0.15) is 22.8 Å². The van der Waals surface area contributed by atoms with E-state index in [0.29, 0.717) is 28.0 Å². The molecule has 0 aliphatic carbocycles. The molecule has 1 heterocycles. The predicted molar refractivity (Wildman–Crippen MR) is 95.1 cm³/mol. The molecule has 0 unspecified atom stereocenters. The fourth-order valence-corrected chi connectivity index (χ4v) is 2.35. The Morgan fingerprint density at radius 1 is 1.00 bits per heavy atom. The molecule has 130 valence electrons. The van der Waals surface area contributed by atoms with Crippen molar-refractivity contribution < 1.29 is 23.5 Å². The van der Waals surface area contributed by atoms with Crippen molar-refractivity contribution in [3.63, 3.8) is 0 Å². The van der Waals surface area contributed by atoms with Gasteiger partial charge in [0.15, 0.2) is 5.43 Å². The largest absolute Gasteiger partial charge is 0.456 e. The lowest BCUT2D eigenvalue weighted by atomic mass is 10.1. The summed E-state index contributed by atoms with van der Waals surface area (Å²) in [5.74, 6) is -0.0277. The zero-order chi connectivity index (χ0) is 18.7. The van der Waals surface area contributed by atoms with Crippen LogP contribution in [0.4, 0.5) is 0 Å². The average Bonchev–Trinajstić information content (AvgIpc) is 2.62. The first-order valence-corrected chi connectivity index (χ1v) is 7.67. The van der Waals surface area contributed by atoms with Crippen molar-refractivity contribution in [1.82, 2.24) is 0 Å². The molecule has 0 saturated heterocycles. The molecular formula is C20H14O6. The van der Waals surface area contributed by atoms with Crippen LogP contribution in [0.15, 0.2) is 70.4 Å². The Bertz CT molecular complexity index is 1060. The summed E-state index contributed by atoms with van der Waals surface area (Å²) in [6.07, 6.45) is 1.04. The molecule has 2 aromatic carbocycles. The monoisotopic (exact) mass is 350 g/mol. The number of rotatable bonds is 4. The van der Waals surface area contributed by atoms with E-state index >= 15 is 0 Å². The molecule has 1 aromatic heterocycles. The molecule has 0 atom stereocenters. The van der Waals surface area contributed by atoms with Crippen molar-refractivity contribution >= 4 is 22.9 Å². The summed E-state index contributed by atoms with van der Waals surface area (Å²) < 4.78 is 15.7. The topological polar surface area (TPSA) is 82.8 Å². The zero-order valence-corrected chi connectivity index (χ0v) is 13.9. The predicted octanol–water partition coefficient (Wildman–Crippen LogP) is 3.48. The van der Waals surface area contributed by atoms with Crippen LogP contribution in [0.5, 0.6) is 11.5 Å². The molecule has 0 fully saturated rings. The van der Waals surface area contributed by atoms with Gasteiger partial charge in [-0.15, -0.1) is 0 Å². The van der Waals surface area contributed by atoms with Crippen LogP contribution in [0.25, 0.3) is 22.3 Å². The highest BCUT2D eigenvalue weighted by Gasteiger charge is 2.10. The second kappa shape index (κ2) is 7.06. The van der Waals surface area contributed by atoms with Gasteiger partial charge in [0.25, 0.3) is 0 Å². The molecule has 0 radical (unpaired) electrons. The fourth-order valence-electron chi connectivity index (χ4n) is 2.35. The Morgan fingerprint density at radius 2 is 1.69 bits per heavy atom. The van der Waals surface area contributed by atoms with E-state index in [-0.39, 0.29) is 11.2 Å². The molecule has 3 rings (SSSR count). The first kappa shape index (κ1) is 17.2. The molecule has 6 nitrogen and oxygen atoms in total. The van der Waals surface area contributed by atoms with E-state index in [1.54, 1.807) is 30.3 Å². The SMILES string of the molecule is C=CC(=O)Oc1ccc2oc(-c3ccc(OC(C)=O)cc3)cc(=O)c2c1. The van der Waals surface area contributed by atoms with Gasteiger partial charge >= 0.3 is 11.9 Å². The second-order valence-electron chi connectivity index (χ2n) is 5.38. The van der Waals surface area contributed by atoms with Gasteiger partial charge in [0, 0.05) is 24.6 Å². The molecular weight excluding hydrogens is 336 g/mol. The summed E-state index contributed by atoms with van der Waals surface area (Å²) in [4.78, 5) is 34.6. The maximum atomic E-state index is 12.4. The normalized spacial score (nSPS) is 10.3. The number of fused-ring (bicyclic) bond motifs is 1. The number of carbonyl (C=O) groups excluding carboxylic acids is 2. The average molecular weight is 350 g/mol. The maximum Gasteiger partial charge on any atom is 0.335 e. The molecule has 0 aliphatic rings. The summed E-state index contributed by atoms with van der Waals surface area (Å²) in [7, 11) is 0.